The van der Waals surface area contributed by atoms with Gasteiger partial charge in [0.1, 0.15) is 5.82 Å². The number of nitrogens with zero attached hydrogens (tertiary/aromatic N) is 1. The summed E-state index contributed by atoms with van der Waals surface area (Å²) in [5.41, 5.74) is 4.25. The zero-order valence-corrected chi connectivity index (χ0v) is 19.0. The van der Waals surface area contributed by atoms with E-state index in [1.807, 2.05) is 50.2 Å². The van der Waals surface area contributed by atoms with Crippen molar-refractivity contribution in [2.24, 2.45) is 0 Å². The molecule has 3 aromatic carbocycles. The molecule has 168 valence electrons. The third kappa shape index (κ3) is 5.23. The fraction of sp³-hybridized carbons (Fsp3) is 0.154. The van der Waals surface area contributed by atoms with Gasteiger partial charge in [0.25, 0.3) is 5.56 Å². The molecule has 1 aromatic heterocycles. The molecule has 2 N–H and O–H groups in total. The Morgan fingerprint density at radius 3 is 2.42 bits per heavy atom. The lowest BCUT2D eigenvalue weighted by molar-refractivity contribution is 0.206. The van der Waals surface area contributed by atoms with Gasteiger partial charge in [0.2, 0.25) is 0 Å². The highest BCUT2D eigenvalue weighted by Crippen LogP contribution is 2.22. The van der Waals surface area contributed by atoms with E-state index in [0.29, 0.717) is 16.3 Å². The first-order valence-corrected chi connectivity index (χ1v) is 10.9. The van der Waals surface area contributed by atoms with Gasteiger partial charge in [-0.1, -0.05) is 35.9 Å². The van der Waals surface area contributed by atoms with Crippen molar-refractivity contribution in [3.8, 4) is 0 Å². The number of fused-ring (bicyclic) bond motifs is 1. The van der Waals surface area contributed by atoms with E-state index in [1.165, 1.54) is 29.2 Å². The lowest BCUT2D eigenvalue weighted by Crippen LogP contribution is -2.35. The van der Waals surface area contributed by atoms with Crippen LogP contribution >= 0.6 is 11.6 Å². The van der Waals surface area contributed by atoms with Gasteiger partial charge in [0, 0.05) is 33.7 Å². The molecule has 1 heterocycles. The van der Waals surface area contributed by atoms with Crippen molar-refractivity contribution in [1.29, 1.82) is 0 Å². The minimum Gasteiger partial charge on any atom is -0.322 e. The van der Waals surface area contributed by atoms with E-state index in [-0.39, 0.29) is 18.6 Å². The molecule has 2 amide bonds. The lowest BCUT2D eigenvalue weighted by atomic mass is 10.0. The number of nitrogens with one attached hydrogen (secondary N) is 2. The summed E-state index contributed by atoms with van der Waals surface area (Å²) in [6, 6.07) is 18.1. The third-order valence-corrected chi connectivity index (χ3v) is 5.82. The monoisotopic (exact) mass is 463 g/mol. The molecule has 0 radical (unpaired) electrons. The van der Waals surface area contributed by atoms with Crippen LogP contribution in [0.4, 0.5) is 14.9 Å². The van der Waals surface area contributed by atoms with Gasteiger partial charge < -0.3 is 15.2 Å². The van der Waals surface area contributed by atoms with Crippen LogP contribution in [-0.4, -0.2) is 15.9 Å². The number of aromatic amines is 1. The normalized spacial score (nSPS) is 10.9. The molecule has 0 saturated carbocycles. The minimum absolute atomic E-state index is 0.0663. The Kier molecular flexibility index (Phi) is 6.47. The molecule has 33 heavy (non-hydrogen) atoms. The van der Waals surface area contributed by atoms with Crippen molar-refractivity contribution in [2.45, 2.75) is 26.9 Å². The standard InChI is InChI=1S/C26H23ClFN3O2/c1-16-11-17(2)22-13-19(25(32)30-24(22)12-16)15-31(14-18-5-3-4-6-23(18)27)26(33)29-21-9-7-20(28)8-10-21/h3-13H,14-15H2,1-2H3,(H,29,33)(H,30,32). The third-order valence-electron chi connectivity index (χ3n) is 5.45. The summed E-state index contributed by atoms with van der Waals surface area (Å²) in [7, 11) is 0. The zero-order chi connectivity index (χ0) is 23.5. The van der Waals surface area contributed by atoms with Gasteiger partial charge in [-0.2, -0.15) is 0 Å². The first-order valence-electron chi connectivity index (χ1n) is 10.5. The molecule has 4 aromatic rings. The average Bonchev–Trinajstić information content (AvgIpc) is 2.77. The first-order chi connectivity index (χ1) is 15.8. The topological polar surface area (TPSA) is 65.2 Å². The number of carbonyl (C=O) groups excluding carboxylic acids is 1. The Bertz CT molecular complexity index is 1380. The second-order valence-corrected chi connectivity index (χ2v) is 8.46. The van der Waals surface area contributed by atoms with Crippen LogP contribution in [0.1, 0.15) is 22.3 Å². The highest BCUT2D eigenvalue weighted by Gasteiger charge is 2.18. The number of carbonyl (C=O) groups is 1. The number of aromatic nitrogens is 1. The summed E-state index contributed by atoms with van der Waals surface area (Å²) >= 11 is 6.33. The second kappa shape index (κ2) is 9.46. The molecular weight excluding hydrogens is 441 g/mol. The summed E-state index contributed by atoms with van der Waals surface area (Å²) in [5, 5.41) is 4.22. The van der Waals surface area contributed by atoms with E-state index in [9.17, 15) is 14.0 Å². The van der Waals surface area contributed by atoms with Gasteiger partial charge in [0.15, 0.2) is 0 Å². The number of aryl methyl sites for hydroxylation is 2. The van der Waals surface area contributed by atoms with Crippen molar-refractivity contribution in [3.63, 3.8) is 0 Å². The summed E-state index contributed by atoms with van der Waals surface area (Å²) in [5.74, 6) is -0.394. The molecule has 0 spiro atoms. The van der Waals surface area contributed by atoms with E-state index in [1.54, 1.807) is 6.07 Å². The maximum Gasteiger partial charge on any atom is 0.322 e. The molecular formula is C26H23ClFN3O2. The molecule has 0 aliphatic carbocycles. The van der Waals surface area contributed by atoms with Crippen LogP contribution in [0.15, 0.2) is 71.5 Å². The van der Waals surface area contributed by atoms with Crippen LogP contribution in [-0.2, 0) is 13.1 Å². The number of hydrogen-bond acceptors (Lipinski definition) is 2. The quantitative estimate of drug-likeness (QED) is 0.371. The maximum absolute atomic E-state index is 13.3. The van der Waals surface area contributed by atoms with Crippen molar-refractivity contribution in [2.75, 3.05) is 5.32 Å². The molecule has 0 atom stereocenters. The fourth-order valence-corrected chi connectivity index (χ4v) is 4.00. The van der Waals surface area contributed by atoms with Crippen molar-refractivity contribution >= 4 is 34.2 Å². The molecule has 4 rings (SSSR count). The summed E-state index contributed by atoms with van der Waals surface area (Å²) in [6.45, 7) is 4.22. The molecule has 0 fully saturated rings. The number of rotatable bonds is 5. The van der Waals surface area contributed by atoms with Crippen LogP contribution < -0.4 is 10.9 Å². The van der Waals surface area contributed by atoms with Crippen LogP contribution in [0.25, 0.3) is 10.9 Å². The number of hydrogen-bond donors (Lipinski definition) is 2. The number of H-pyrrole nitrogens is 1. The largest absolute Gasteiger partial charge is 0.322 e. The number of halogens is 2. The highest BCUT2D eigenvalue weighted by molar-refractivity contribution is 6.31. The molecule has 0 unspecified atom stereocenters. The molecule has 5 nitrogen and oxygen atoms in total. The fourth-order valence-electron chi connectivity index (χ4n) is 3.81. The van der Waals surface area contributed by atoms with Crippen molar-refractivity contribution < 1.29 is 9.18 Å². The van der Waals surface area contributed by atoms with Gasteiger partial charge in [-0.05, 0) is 73.0 Å². The molecule has 0 bridgehead atoms. The number of anilines is 1. The summed E-state index contributed by atoms with van der Waals surface area (Å²) < 4.78 is 13.3. The van der Waals surface area contributed by atoms with Crippen LogP contribution in [0.5, 0.6) is 0 Å². The Hall–Kier alpha value is -3.64. The average molecular weight is 464 g/mol. The van der Waals surface area contributed by atoms with Gasteiger partial charge in [-0.15, -0.1) is 0 Å². The number of pyridine rings is 1. The Morgan fingerprint density at radius 2 is 1.70 bits per heavy atom. The molecule has 7 heteroatoms. The first kappa shape index (κ1) is 22.6. The van der Waals surface area contributed by atoms with Crippen molar-refractivity contribution in [3.05, 3.63) is 110 Å². The number of amides is 2. The van der Waals surface area contributed by atoms with E-state index >= 15 is 0 Å². The van der Waals surface area contributed by atoms with Gasteiger partial charge in [-0.3, -0.25) is 4.79 Å². The van der Waals surface area contributed by atoms with E-state index in [2.05, 4.69) is 10.3 Å². The summed E-state index contributed by atoms with van der Waals surface area (Å²) in [6.07, 6.45) is 0. The molecule has 0 aliphatic heterocycles. The molecule has 0 saturated heterocycles. The van der Waals surface area contributed by atoms with Crippen LogP contribution in [0, 0.1) is 19.7 Å². The zero-order valence-electron chi connectivity index (χ0n) is 18.3. The smallest absolute Gasteiger partial charge is 0.322 e. The van der Waals surface area contributed by atoms with Crippen LogP contribution in [0.2, 0.25) is 5.02 Å². The lowest BCUT2D eigenvalue weighted by Gasteiger charge is -2.24. The predicted molar refractivity (Wildman–Crippen MR) is 130 cm³/mol. The SMILES string of the molecule is Cc1cc(C)c2cc(CN(Cc3ccccc3Cl)C(=O)Nc3ccc(F)cc3)c(=O)[nH]c2c1. The maximum atomic E-state index is 13.3. The van der Waals surface area contributed by atoms with Crippen LogP contribution in [0.3, 0.4) is 0 Å². The van der Waals surface area contributed by atoms with E-state index < -0.39 is 11.8 Å². The Labute approximate surface area is 195 Å². The molecule has 0 aliphatic rings. The highest BCUT2D eigenvalue weighted by atomic mass is 35.5. The number of urea groups is 1. The predicted octanol–water partition coefficient (Wildman–Crippen LogP) is 6.17. The second-order valence-electron chi connectivity index (χ2n) is 8.05. The summed E-state index contributed by atoms with van der Waals surface area (Å²) in [4.78, 5) is 30.5. The Balaban J connectivity index is 1.69. The Morgan fingerprint density at radius 1 is 1.00 bits per heavy atom. The van der Waals surface area contributed by atoms with Gasteiger partial charge in [0.05, 0.1) is 6.54 Å². The minimum atomic E-state index is -0.429. The van der Waals surface area contributed by atoms with Gasteiger partial charge >= 0.3 is 6.03 Å². The van der Waals surface area contributed by atoms with E-state index in [0.717, 1.165) is 27.6 Å². The van der Waals surface area contributed by atoms with Gasteiger partial charge in [-0.25, -0.2) is 9.18 Å². The van der Waals surface area contributed by atoms with E-state index in [4.69, 9.17) is 11.6 Å². The number of benzene rings is 3. The van der Waals surface area contributed by atoms with Crippen molar-refractivity contribution in [1.82, 2.24) is 9.88 Å².